The van der Waals surface area contributed by atoms with Crippen LogP contribution in [0.3, 0.4) is 0 Å². The van der Waals surface area contributed by atoms with Gasteiger partial charge in [0, 0.05) is 51.3 Å². The molecule has 0 aliphatic heterocycles. The van der Waals surface area contributed by atoms with Gasteiger partial charge >= 0.3 is 0 Å². The second kappa shape index (κ2) is 10.3. The molecule has 6 nitrogen and oxygen atoms in total. The Bertz CT molecular complexity index is 579. The predicted molar refractivity (Wildman–Crippen MR) is 101 cm³/mol. The van der Waals surface area contributed by atoms with Crippen molar-refractivity contribution < 1.29 is 0 Å². The molecule has 2 N–H and O–H groups in total. The van der Waals surface area contributed by atoms with Crippen molar-refractivity contribution in [2.24, 2.45) is 4.99 Å². The third kappa shape index (κ3) is 5.95. The van der Waals surface area contributed by atoms with Crippen LogP contribution in [0.1, 0.15) is 13.3 Å². The Kier molecular flexibility index (Phi) is 7.67. The summed E-state index contributed by atoms with van der Waals surface area (Å²) >= 11 is 0. The van der Waals surface area contributed by atoms with E-state index in [4.69, 9.17) is 0 Å². The van der Waals surface area contributed by atoms with Crippen molar-refractivity contribution in [1.29, 1.82) is 0 Å². The predicted octanol–water partition coefficient (Wildman–Crippen LogP) is 1.96. The molecule has 0 fully saturated rings. The highest BCUT2D eigenvalue weighted by molar-refractivity contribution is 5.79. The molecule has 1 aromatic carbocycles. The minimum atomic E-state index is 0.798. The van der Waals surface area contributed by atoms with E-state index in [0.717, 1.165) is 45.1 Å². The number of nitrogens with one attached hydrogen (secondary N) is 2. The Balaban J connectivity index is 1.64. The first-order valence-electron chi connectivity index (χ1n) is 8.55. The first kappa shape index (κ1) is 17.8. The van der Waals surface area contributed by atoms with Gasteiger partial charge in [0.15, 0.2) is 5.96 Å². The maximum atomic E-state index is 4.25. The van der Waals surface area contributed by atoms with Gasteiger partial charge in [0.1, 0.15) is 0 Å². The van der Waals surface area contributed by atoms with Crippen molar-refractivity contribution >= 4 is 11.6 Å². The number of anilines is 1. The van der Waals surface area contributed by atoms with Crippen molar-refractivity contribution in [2.75, 3.05) is 38.1 Å². The van der Waals surface area contributed by atoms with E-state index in [1.165, 1.54) is 5.69 Å². The van der Waals surface area contributed by atoms with Gasteiger partial charge in [-0.05, 0) is 31.5 Å². The van der Waals surface area contributed by atoms with Gasteiger partial charge in [-0.1, -0.05) is 18.2 Å². The summed E-state index contributed by atoms with van der Waals surface area (Å²) in [6.45, 7) is 6.75. The largest absolute Gasteiger partial charge is 0.372 e. The number of guanidine groups is 1. The summed E-state index contributed by atoms with van der Waals surface area (Å²) in [5.74, 6) is 0.838. The van der Waals surface area contributed by atoms with Crippen molar-refractivity contribution in [1.82, 2.24) is 20.4 Å². The van der Waals surface area contributed by atoms with Crippen LogP contribution in [0.15, 0.2) is 53.8 Å². The van der Waals surface area contributed by atoms with Crippen LogP contribution in [0.25, 0.3) is 0 Å². The summed E-state index contributed by atoms with van der Waals surface area (Å²) in [6, 6.07) is 12.5. The van der Waals surface area contributed by atoms with E-state index < -0.39 is 0 Å². The molecule has 6 heteroatoms. The van der Waals surface area contributed by atoms with Gasteiger partial charge in [0.25, 0.3) is 0 Å². The molecule has 0 amide bonds. The maximum Gasteiger partial charge on any atom is 0.191 e. The molecule has 0 saturated heterocycles. The standard InChI is InChI=1S/C18H28N6/c1-3-23(17-9-5-4-6-10-17)14-7-11-20-18(19-2)21-13-16-24-15-8-12-22-24/h4-6,8-10,12,15H,3,7,11,13-14,16H2,1-2H3,(H2,19,20,21). The van der Waals surface area contributed by atoms with Gasteiger partial charge in [-0.15, -0.1) is 0 Å². The van der Waals surface area contributed by atoms with E-state index >= 15 is 0 Å². The lowest BCUT2D eigenvalue weighted by Crippen LogP contribution is -2.40. The monoisotopic (exact) mass is 328 g/mol. The molecule has 2 aromatic rings. The molecule has 0 aliphatic rings. The lowest BCUT2D eigenvalue weighted by molar-refractivity contribution is 0.596. The fourth-order valence-corrected chi connectivity index (χ4v) is 2.53. The number of hydrogen-bond acceptors (Lipinski definition) is 3. The quantitative estimate of drug-likeness (QED) is 0.420. The van der Waals surface area contributed by atoms with Crippen molar-refractivity contribution in [3.8, 4) is 0 Å². The van der Waals surface area contributed by atoms with Crippen LogP contribution in [-0.2, 0) is 6.54 Å². The Hall–Kier alpha value is -2.50. The Labute approximate surface area is 144 Å². The molecule has 24 heavy (non-hydrogen) atoms. The number of para-hydroxylation sites is 1. The van der Waals surface area contributed by atoms with Crippen LogP contribution < -0.4 is 15.5 Å². The Morgan fingerprint density at radius 3 is 2.62 bits per heavy atom. The lowest BCUT2D eigenvalue weighted by Gasteiger charge is -2.23. The van der Waals surface area contributed by atoms with Crippen LogP contribution in [0, 0.1) is 0 Å². The highest BCUT2D eigenvalue weighted by atomic mass is 15.3. The third-order valence-corrected chi connectivity index (χ3v) is 3.82. The number of aromatic nitrogens is 2. The normalized spacial score (nSPS) is 11.3. The number of aliphatic imine (C=N–C) groups is 1. The topological polar surface area (TPSA) is 57.5 Å². The van der Waals surface area contributed by atoms with Gasteiger partial charge < -0.3 is 15.5 Å². The SMILES string of the molecule is CCN(CCCNC(=NC)NCCn1cccn1)c1ccccc1. The molecule has 0 bridgehead atoms. The Morgan fingerprint density at radius 1 is 1.17 bits per heavy atom. The summed E-state index contributed by atoms with van der Waals surface area (Å²) in [5, 5.41) is 10.9. The Morgan fingerprint density at radius 2 is 1.96 bits per heavy atom. The molecular weight excluding hydrogens is 300 g/mol. The lowest BCUT2D eigenvalue weighted by atomic mass is 10.2. The number of hydrogen-bond donors (Lipinski definition) is 2. The summed E-state index contributed by atoms with van der Waals surface area (Å²) < 4.78 is 1.90. The van der Waals surface area contributed by atoms with Gasteiger partial charge in [-0.2, -0.15) is 5.10 Å². The van der Waals surface area contributed by atoms with E-state index in [-0.39, 0.29) is 0 Å². The summed E-state index contributed by atoms with van der Waals surface area (Å²) in [4.78, 5) is 6.64. The second-order valence-corrected chi connectivity index (χ2v) is 5.46. The summed E-state index contributed by atoms with van der Waals surface area (Å²) in [7, 11) is 1.80. The molecule has 2 rings (SSSR count). The van der Waals surface area contributed by atoms with Gasteiger partial charge in [-0.3, -0.25) is 9.67 Å². The maximum absolute atomic E-state index is 4.25. The van der Waals surface area contributed by atoms with E-state index in [1.807, 2.05) is 16.9 Å². The third-order valence-electron chi connectivity index (χ3n) is 3.82. The fraction of sp³-hybridized carbons (Fsp3) is 0.444. The molecule has 0 aliphatic carbocycles. The second-order valence-electron chi connectivity index (χ2n) is 5.46. The van der Waals surface area contributed by atoms with Crippen molar-refractivity contribution in [3.63, 3.8) is 0 Å². The first-order chi connectivity index (χ1) is 11.8. The van der Waals surface area contributed by atoms with E-state index in [9.17, 15) is 0 Å². The molecule has 0 unspecified atom stereocenters. The zero-order valence-electron chi connectivity index (χ0n) is 14.7. The van der Waals surface area contributed by atoms with Gasteiger partial charge in [0.2, 0.25) is 0 Å². The fourth-order valence-electron chi connectivity index (χ4n) is 2.53. The highest BCUT2D eigenvalue weighted by Gasteiger charge is 2.03. The minimum Gasteiger partial charge on any atom is -0.372 e. The average molecular weight is 328 g/mol. The smallest absolute Gasteiger partial charge is 0.191 e. The van der Waals surface area contributed by atoms with E-state index in [2.05, 4.69) is 62.9 Å². The zero-order valence-corrected chi connectivity index (χ0v) is 14.7. The highest BCUT2D eigenvalue weighted by Crippen LogP contribution is 2.12. The zero-order chi connectivity index (χ0) is 17.0. The molecule has 0 atom stereocenters. The van der Waals surface area contributed by atoms with Crippen LogP contribution in [-0.4, -0.2) is 49.0 Å². The van der Waals surface area contributed by atoms with E-state index in [1.54, 1.807) is 13.2 Å². The summed E-state index contributed by atoms with van der Waals surface area (Å²) in [6.07, 6.45) is 4.81. The number of rotatable bonds is 9. The van der Waals surface area contributed by atoms with Crippen molar-refractivity contribution in [2.45, 2.75) is 19.9 Å². The molecule has 1 heterocycles. The van der Waals surface area contributed by atoms with Crippen molar-refractivity contribution in [3.05, 3.63) is 48.8 Å². The minimum absolute atomic E-state index is 0.798. The van der Waals surface area contributed by atoms with Gasteiger partial charge in [0.05, 0.1) is 6.54 Å². The number of benzene rings is 1. The molecule has 0 radical (unpaired) electrons. The summed E-state index contributed by atoms with van der Waals surface area (Å²) in [5.41, 5.74) is 1.28. The number of nitrogens with zero attached hydrogens (tertiary/aromatic N) is 4. The molecule has 1 aromatic heterocycles. The average Bonchev–Trinajstić information content (AvgIpc) is 3.14. The van der Waals surface area contributed by atoms with E-state index in [0.29, 0.717) is 0 Å². The molecule has 0 saturated carbocycles. The van der Waals surface area contributed by atoms with Crippen LogP contribution in [0.5, 0.6) is 0 Å². The molecular formula is C18H28N6. The first-order valence-corrected chi connectivity index (χ1v) is 8.55. The van der Waals surface area contributed by atoms with Crippen LogP contribution in [0.2, 0.25) is 0 Å². The van der Waals surface area contributed by atoms with Crippen LogP contribution >= 0.6 is 0 Å². The van der Waals surface area contributed by atoms with Gasteiger partial charge in [-0.25, -0.2) is 0 Å². The van der Waals surface area contributed by atoms with Crippen LogP contribution in [0.4, 0.5) is 5.69 Å². The molecule has 130 valence electrons. The molecule has 0 spiro atoms.